The van der Waals surface area contributed by atoms with E-state index in [1.54, 1.807) is 0 Å². The standard InChI is InChI=1S/C28H33ClN6OS/c1-21-18-25(35-14-12-34(13-15-35)24-8-3-2-4-9-24)32-26(31-21)33-27(37)30-20-28(10-16-36-17-11-28)22-6-5-7-23(29)19-22/h2-9,18-19H,10-17,20H2,1H3,(H2,30,31,32,33,37). The van der Waals surface area contributed by atoms with Crippen LogP contribution in [0.3, 0.4) is 0 Å². The summed E-state index contributed by atoms with van der Waals surface area (Å²) < 4.78 is 5.66. The summed E-state index contributed by atoms with van der Waals surface area (Å²) in [6.45, 7) is 7.81. The van der Waals surface area contributed by atoms with E-state index in [4.69, 9.17) is 33.5 Å². The van der Waals surface area contributed by atoms with Crippen LogP contribution in [-0.2, 0) is 10.2 Å². The summed E-state index contributed by atoms with van der Waals surface area (Å²) in [5.74, 6) is 1.44. The third kappa shape index (κ3) is 6.32. The van der Waals surface area contributed by atoms with Gasteiger partial charge in [0.25, 0.3) is 0 Å². The maximum absolute atomic E-state index is 6.32. The molecule has 2 aliphatic heterocycles. The highest BCUT2D eigenvalue weighted by atomic mass is 35.5. The second kappa shape index (κ2) is 11.6. The van der Waals surface area contributed by atoms with Gasteiger partial charge in [-0.1, -0.05) is 41.9 Å². The quantitative estimate of drug-likeness (QED) is 0.436. The van der Waals surface area contributed by atoms with E-state index in [0.29, 0.717) is 17.6 Å². The molecule has 37 heavy (non-hydrogen) atoms. The lowest BCUT2D eigenvalue weighted by atomic mass is 9.74. The number of benzene rings is 2. The van der Waals surface area contributed by atoms with E-state index >= 15 is 0 Å². The molecule has 9 heteroatoms. The molecule has 2 N–H and O–H groups in total. The number of halogens is 1. The number of nitrogens with zero attached hydrogens (tertiary/aromatic N) is 4. The fraction of sp³-hybridized carbons (Fsp3) is 0.393. The van der Waals surface area contributed by atoms with E-state index in [-0.39, 0.29) is 5.41 Å². The van der Waals surface area contributed by atoms with Gasteiger partial charge in [-0.15, -0.1) is 0 Å². The number of piperazine rings is 1. The largest absolute Gasteiger partial charge is 0.381 e. The van der Waals surface area contributed by atoms with Gasteiger partial charge < -0.3 is 25.2 Å². The summed E-state index contributed by atoms with van der Waals surface area (Å²) in [5, 5.41) is 7.90. The fourth-order valence-corrected chi connectivity index (χ4v) is 5.50. The van der Waals surface area contributed by atoms with Crippen LogP contribution in [0.5, 0.6) is 0 Å². The van der Waals surface area contributed by atoms with Gasteiger partial charge in [0.05, 0.1) is 0 Å². The van der Waals surface area contributed by atoms with Crippen molar-refractivity contribution in [1.29, 1.82) is 0 Å². The average molecular weight is 537 g/mol. The Kier molecular flexibility index (Phi) is 8.08. The topological polar surface area (TPSA) is 65.5 Å². The number of aryl methyl sites for hydroxylation is 1. The molecule has 2 saturated heterocycles. The molecule has 2 fully saturated rings. The van der Waals surface area contributed by atoms with Crippen LogP contribution in [0.15, 0.2) is 60.7 Å². The van der Waals surface area contributed by atoms with E-state index < -0.39 is 0 Å². The number of aromatic nitrogens is 2. The van der Waals surface area contributed by atoms with Gasteiger partial charge >= 0.3 is 0 Å². The minimum Gasteiger partial charge on any atom is -0.381 e. The van der Waals surface area contributed by atoms with Gasteiger partial charge in [-0.2, -0.15) is 4.98 Å². The first kappa shape index (κ1) is 25.7. The Hall–Kier alpha value is -2.94. The minimum atomic E-state index is -0.0913. The summed E-state index contributed by atoms with van der Waals surface area (Å²) in [6, 6.07) is 20.7. The molecule has 0 aliphatic carbocycles. The zero-order valence-electron chi connectivity index (χ0n) is 21.1. The van der Waals surface area contributed by atoms with Gasteiger partial charge in [0.15, 0.2) is 5.11 Å². The Morgan fingerprint density at radius 1 is 0.973 bits per heavy atom. The van der Waals surface area contributed by atoms with Gasteiger partial charge in [0, 0.05) is 73.8 Å². The number of thiocarbonyl (C=S) groups is 1. The van der Waals surface area contributed by atoms with E-state index in [0.717, 1.165) is 68.8 Å². The molecule has 5 rings (SSSR count). The molecule has 2 aromatic carbocycles. The second-order valence-electron chi connectivity index (χ2n) is 9.71. The minimum absolute atomic E-state index is 0.0913. The molecule has 0 bridgehead atoms. The SMILES string of the molecule is Cc1cc(N2CCN(c3ccccc3)CC2)nc(NC(=S)NCC2(c3cccc(Cl)c3)CCOCC2)n1. The van der Waals surface area contributed by atoms with Crippen LogP contribution < -0.4 is 20.4 Å². The molecule has 7 nitrogen and oxygen atoms in total. The first-order valence-corrected chi connectivity index (χ1v) is 13.6. The zero-order chi connectivity index (χ0) is 25.7. The predicted octanol–water partition coefficient (Wildman–Crippen LogP) is 4.80. The molecule has 3 aromatic rings. The molecule has 0 spiro atoms. The van der Waals surface area contributed by atoms with E-state index in [2.05, 4.69) is 67.9 Å². The van der Waals surface area contributed by atoms with Gasteiger partial charge in [-0.3, -0.25) is 0 Å². The van der Waals surface area contributed by atoms with E-state index in [1.807, 2.05) is 25.1 Å². The lowest BCUT2D eigenvalue weighted by Crippen LogP contribution is -2.47. The molecule has 1 aromatic heterocycles. The predicted molar refractivity (Wildman–Crippen MR) is 155 cm³/mol. The van der Waals surface area contributed by atoms with Gasteiger partial charge in [-0.05, 0) is 61.8 Å². The number of anilines is 3. The number of nitrogens with one attached hydrogen (secondary N) is 2. The van der Waals surface area contributed by atoms with Crippen LogP contribution in [-0.4, -0.2) is 61.0 Å². The summed E-state index contributed by atoms with van der Waals surface area (Å²) in [4.78, 5) is 14.1. The third-order valence-corrected chi connectivity index (χ3v) is 7.75. The van der Waals surface area contributed by atoms with Crippen molar-refractivity contribution in [3.63, 3.8) is 0 Å². The highest BCUT2D eigenvalue weighted by Crippen LogP contribution is 2.35. The van der Waals surface area contributed by atoms with Crippen LogP contribution in [0, 0.1) is 6.92 Å². The van der Waals surface area contributed by atoms with Crippen LogP contribution in [0.2, 0.25) is 5.02 Å². The van der Waals surface area contributed by atoms with Crippen LogP contribution in [0.4, 0.5) is 17.5 Å². The van der Waals surface area contributed by atoms with Crippen molar-refractivity contribution < 1.29 is 4.74 Å². The first-order valence-electron chi connectivity index (χ1n) is 12.8. The summed E-state index contributed by atoms with van der Waals surface area (Å²) >= 11 is 12.0. The van der Waals surface area contributed by atoms with Crippen molar-refractivity contribution in [2.75, 3.05) is 61.1 Å². The smallest absolute Gasteiger partial charge is 0.231 e. The molecule has 0 radical (unpaired) electrons. The molecular weight excluding hydrogens is 504 g/mol. The van der Waals surface area contributed by atoms with Crippen molar-refractivity contribution in [1.82, 2.24) is 15.3 Å². The van der Waals surface area contributed by atoms with Crippen LogP contribution >= 0.6 is 23.8 Å². The molecular formula is C28H33ClN6OS. The molecule has 0 saturated carbocycles. The Balaban J connectivity index is 1.22. The number of ether oxygens (including phenoxy) is 1. The normalized spacial score (nSPS) is 17.4. The molecule has 0 amide bonds. The number of para-hydroxylation sites is 1. The van der Waals surface area contributed by atoms with Crippen molar-refractivity contribution in [2.24, 2.45) is 0 Å². The summed E-state index contributed by atoms with van der Waals surface area (Å²) in [5.41, 5.74) is 3.29. The highest BCUT2D eigenvalue weighted by molar-refractivity contribution is 7.80. The number of hydrogen-bond donors (Lipinski definition) is 2. The zero-order valence-corrected chi connectivity index (χ0v) is 22.7. The van der Waals surface area contributed by atoms with E-state index in [9.17, 15) is 0 Å². The highest BCUT2D eigenvalue weighted by Gasteiger charge is 2.34. The third-order valence-electron chi connectivity index (χ3n) is 7.27. The molecule has 3 heterocycles. The van der Waals surface area contributed by atoms with Crippen molar-refractivity contribution in [3.8, 4) is 0 Å². The van der Waals surface area contributed by atoms with Crippen molar-refractivity contribution in [2.45, 2.75) is 25.2 Å². The maximum atomic E-state index is 6.32. The lowest BCUT2D eigenvalue weighted by molar-refractivity contribution is 0.0515. The molecule has 0 atom stereocenters. The Morgan fingerprint density at radius 3 is 2.43 bits per heavy atom. The van der Waals surface area contributed by atoms with Gasteiger partial charge in [0.1, 0.15) is 5.82 Å². The summed E-state index contributed by atoms with van der Waals surface area (Å²) in [7, 11) is 0. The molecule has 0 unspecified atom stereocenters. The Morgan fingerprint density at radius 2 is 1.70 bits per heavy atom. The van der Waals surface area contributed by atoms with Gasteiger partial charge in [0.2, 0.25) is 5.95 Å². The monoisotopic (exact) mass is 536 g/mol. The second-order valence-corrected chi connectivity index (χ2v) is 10.6. The molecule has 2 aliphatic rings. The summed E-state index contributed by atoms with van der Waals surface area (Å²) in [6.07, 6.45) is 1.81. The van der Waals surface area contributed by atoms with Crippen LogP contribution in [0.1, 0.15) is 24.1 Å². The first-order chi connectivity index (χ1) is 18.0. The Labute approximate surface area is 229 Å². The van der Waals surface area contributed by atoms with Crippen LogP contribution in [0.25, 0.3) is 0 Å². The van der Waals surface area contributed by atoms with Gasteiger partial charge in [-0.25, -0.2) is 4.98 Å². The fourth-order valence-electron chi connectivity index (χ4n) is 5.15. The number of hydrogen-bond acceptors (Lipinski definition) is 6. The maximum Gasteiger partial charge on any atom is 0.231 e. The Bertz CT molecular complexity index is 1210. The molecule has 194 valence electrons. The average Bonchev–Trinajstić information content (AvgIpc) is 2.93. The van der Waals surface area contributed by atoms with E-state index in [1.165, 1.54) is 11.3 Å². The number of rotatable bonds is 6. The van der Waals surface area contributed by atoms with Crippen molar-refractivity contribution in [3.05, 3.63) is 76.9 Å². The lowest BCUT2D eigenvalue weighted by Gasteiger charge is -2.38. The van der Waals surface area contributed by atoms with Crippen molar-refractivity contribution >= 4 is 46.4 Å².